The van der Waals surface area contributed by atoms with Gasteiger partial charge in [0.05, 0.1) is 11.3 Å². The number of urea groups is 1. The summed E-state index contributed by atoms with van der Waals surface area (Å²) in [6.07, 6.45) is 0. The normalized spacial score (nSPS) is 11.2. The molecule has 0 saturated heterocycles. The van der Waals surface area contributed by atoms with E-state index in [4.69, 9.17) is 16.9 Å². The molecule has 1 aromatic rings. The molecular formula is C11H9ClFN3O2. The van der Waals surface area contributed by atoms with Gasteiger partial charge in [0.15, 0.2) is 0 Å². The number of hydrogen-bond acceptors (Lipinski definition) is 3. The van der Waals surface area contributed by atoms with Crippen LogP contribution in [0.5, 0.6) is 0 Å². The molecule has 0 radical (unpaired) electrons. The van der Waals surface area contributed by atoms with Crippen molar-refractivity contribution in [2.45, 2.75) is 12.3 Å². The summed E-state index contributed by atoms with van der Waals surface area (Å²) < 4.78 is 12.8. The second kappa shape index (κ2) is 5.98. The number of rotatable bonds is 2. The zero-order valence-corrected chi connectivity index (χ0v) is 10.1. The van der Waals surface area contributed by atoms with Gasteiger partial charge in [0, 0.05) is 0 Å². The molecule has 1 atom stereocenters. The van der Waals surface area contributed by atoms with Gasteiger partial charge < -0.3 is 5.32 Å². The molecule has 3 amide bonds. The molecule has 0 spiro atoms. The Labute approximate surface area is 108 Å². The van der Waals surface area contributed by atoms with Crippen LogP contribution in [0.2, 0.25) is 0 Å². The topological polar surface area (TPSA) is 82.0 Å². The molecule has 18 heavy (non-hydrogen) atoms. The number of halogens is 2. The van der Waals surface area contributed by atoms with Crippen molar-refractivity contribution in [2.24, 2.45) is 0 Å². The van der Waals surface area contributed by atoms with Crippen molar-refractivity contribution in [3.05, 3.63) is 29.6 Å². The Kier molecular flexibility index (Phi) is 4.63. The molecule has 0 aromatic heterocycles. The van der Waals surface area contributed by atoms with Crippen molar-refractivity contribution in [3.63, 3.8) is 0 Å². The first-order valence-corrected chi connectivity index (χ1v) is 5.33. The average molecular weight is 270 g/mol. The lowest BCUT2D eigenvalue weighted by Crippen LogP contribution is -2.38. The summed E-state index contributed by atoms with van der Waals surface area (Å²) in [5.74, 6) is -1.27. The zero-order chi connectivity index (χ0) is 13.7. The zero-order valence-electron chi connectivity index (χ0n) is 9.33. The van der Waals surface area contributed by atoms with Gasteiger partial charge in [-0.05, 0) is 25.1 Å². The highest BCUT2D eigenvalue weighted by atomic mass is 35.5. The number of amides is 3. The Hall–Kier alpha value is -2.13. The van der Waals surface area contributed by atoms with Crippen molar-refractivity contribution < 1.29 is 14.0 Å². The van der Waals surface area contributed by atoms with Crippen LogP contribution in [-0.2, 0) is 4.79 Å². The number of alkyl halides is 1. The Balaban J connectivity index is 2.77. The first kappa shape index (κ1) is 13.9. The third-order valence-corrected chi connectivity index (χ3v) is 2.15. The predicted molar refractivity (Wildman–Crippen MR) is 63.6 cm³/mol. The molecule has 94 valence electrons. The average Bonchev–Trinajstić information content (AvgIpc) is 2.31. The fourth-order valence-corrected chi connectivity index (χ4v) is 1.14. The number of anilines is 1. The van der Waals surface area contributed by atoms with Gasteiger partial charge in [-0.2, -0.15) is 5.26 Å². The molecule has 0 heterocycles. The number of hydrogen-bond donors (Lipinski definition) is 2. The van der Waals surface area contributed by atoms with E-state index in [1.807, 2.05) is 5.32 Å². The Morgan fingerprint density at radius 2 is 2.17 bits per heavy atom. The summed E-state index contributed by atoms with van der Waals surface area (Å²) in [7, 11) is 0. The minimum atomic E-state index is -0.862. The van der Waals surface area contributed by atoms with Crippen molar-refractivity contribution in [2.75, 3.05) is 5.32 Å². The van der Waals surface area contributed by atoms with E-state index in [9.17, 15) is 14.0 Å². The summed E-state index contributed by atoms with van der Waals surface area (Å²) >= 11 is 5.46. The first-order valence-electron chi connectivity index (χ1n) is 4.89. The quantitative estimate of drug-likeness (QED) is 0.805. The van der Waals surface area contributed by atoms with E-state index in [-0.39, 0.29) is 11.3 Å². The molecule has 0 bridgehead atoms. The molecule has 1 unspecified atom stereocenters. The van der Waals surface area contributed by atoms with Crippen LogP contribution in [0.25, 0.3) is 0 Å². The smallest absolute Gasteiger partial charge is 0.306 e. The van der Waals surface area contributed by atoms with Crippen molar-refractivity contribution in [3.8, 4) is 6.07 Å². The molecule has 5 nitrogen and oxygen atoms in total. The maximum Gasteiger partial charge on any atom is 0.325 e. The van der Waals surface area contributed by atoms with E-state index < -0.39 is 23.1 Å². The number of carbonyl (C=O) groups excluding carboxylic acids is 2. The molecule has 1 rings (SSSR count). The highest BCUT2D eigenvalue weighted by Gasteiger charge is 2.14. The largest absolute Gasteiger partial charge is 0.325 e. The third-order valence-electron chi connectivity index (χ3n) is 1.95. The summed E-state index contributed by atoms with van der Waals surface area (Å²) in [4.78, 5) is 22.5. The second-order valence-corrected chi connectivity index (χ2v) is 4.02. The number of nitrogens with zero attached hydrogens (tertiary/aromatic N) is 1. The van der Waals surface area contributed by atoms with Crippen LogP contribution in [-0.4, -0.2) is 17.3 Å². The number of imide groups is 1. The second-order valence-electron chi connectivity index (χ2n) is 3.36. The highest BCUT2D eigenvalue weighted by Crippen LogP contribution is 2.15. The van der Waals surface area contributed by atoms with Crippen LogP contribution in [0.4, 0.5) is 14.9 Å². The summed E-state index contributed by atoms with van der Waals surface area (Å²) in [6, 6.07) is 4.17. The van der Waals surface area contributed by atoms with Crippen molar-refractivity contribution in [1.82, 2.24) is 5.32 Å². The van der Waals surface area contributed by atoms with Crippen LogP contribution in [0, 0.1) is 17.1 Å². The SMILES string of the molecule is CC(Cl)C(=O)NC(=O)Nc1ccc(F)cc1C#N. The van der Waals surface area contributed by atoms with E-state index in [0.717, 1.165) is 12.1 Å². The Morgan fingerprint density at radius 1 is 1.50 bits per heavy atom. The maximum atomic E-state index is 12.8. The molecule has 7 heteroatoms. The lowest BCUT2D eigenvalue weighted by atomic mass is 10.2. The van der Waals surface area contributed by atoms with E-state index in [0.29, 0.717) is 0 Å². The molecule has 0 saturated carbocycles. The molecule has 1 aromatic carbocycles. The fourth-order valence-electron chi connectivity index (χ4n) is 1.08. The van der Waals surface area contributed by atoms with Gasteiger partial charge >= 0.3 is 6.03 Å². The van der Waals surface area contributed by atoms with E-state index in [2.05, 4.69) is 5.32 Å². The molecule has 0 aliphatic rings. The summed E-state index contributed by atoms with van der Waals surface area (Å²) in [5.41, 5.74) is 0.0583. The lowest BCUT2D eigenvalue weighted by Gasteiger charge is -2.08. The van der Waals surface area contributed by atoms with Gasteiger partial charge in [-0.15, -0.1) is 11.6 Å². The van der Waals surface area contributed by atoms with Gasteiger partial charge in [-0.25, -0.2) is 9.18 Å². The molecule has 0 fully saturated rings. The number of benzene rings is 1. The molecule has 0 aliphatic carbocycles. The molecule has 0 aliphatic heterocycles. The molecule has 2 N–H and O–H groups in total. The van der Waals surface area contributed by atoms with Crippen molar-refractivity contribution in [1.29, 1.82) is 5.26 Å². The number of nitriles is 1. The van der Waals surface area contributed by atoms with E-state index >= 15 is 0 Å². The maximum absolute atomic E-state index is 12.8. The van der Waals surface area contributed by atoms with E-state index in [1.165, 1.54) is 13.0 Å². The van der Waals surface area contributed by atoms with Crippen molar-refractivity contribution >= 4 is 29.2 Å². The third kappa shape index (κ3) is 3.71. The van der Waals surface area contributed by atoms with E-state index in [1.54, 1.807) is 6.07 Å². The minimum absolute atomic E-state index is 0.0449. The monoisotopic (exact) mass is 269 g/mol. The Morgan fingerprint density at radius 3 is 2.72 bits per heavy atom. The van der Waals surface area contributed by atoms with Crippen LogP contribution >= 0.6 is 11.6 Å². The van der Waals surface area contributed by atoms with Crippen LogP contribution in [0.1, 0.15) is 12.5 Å². The van der Waals surface area contributed by atoms with Gasteiger partial charge in [0.25, 0.3) is 0 Å². The van der Waals surface area contributed by atoms with Gasteiger partial charge in [-0.3, -0.25) is 10.1 Å². The van der Waals surface area contributed by atoms with Crippen LogP contribution in [0.3, 0.4) is 0 Å². The molecular weight excluding hydrogens is 261 g/mol. The van der Waals surface area contributed by atoms with Gasteiger partial charge in [0.2, 0.25) is 5.91 Å². The number of carbonyl (C=O) groups is 2. The minimum Gasteiger partial charge on any atom is -0.306 e. The van der Waals surface area contributed by atoms with Gasteiger partial charge in [-0.1, -0.05) is 0 Å². The standard InChI is InChI=1S/C11H9ClFN3O2/c1-6(12)10(17)16-11(18)15-9-3-2-8(13)4-7(9)5-14/h2-4,6H,1H3,(H2,15,16,17,18). The number of nitrogens with one attached hydrogen (secondary N) is 2. The van der Waals surface area contributed by atoms with Crippen LogP contribution < -0.4 is 10.6 Å². The first-order chi connectivity index (χ1) is 8.43. The fraction of sp³-hybridized carbons (Fsp3) is 0.182. The Bertz CT molecular complexity index is 526. The van der Waals surface area contributed by atoms with Crippen LogP contribution in [0.15, 0.2) is 18.2 Å². The van der Waals surface area contributed by atoms with Gasteiger partial charge in [0.1, 0.15) is 17.3 Å². The predicted octanol–water partition coefficient (Wildman–Crippen LogP) is 1.97. The highest BCUT2D eigenvalue weighted by molar-refractivity contribution is 6.31. The lowest BCUT2D eigenvalue weighted by molar-refractivity contribution is -0.119. The summed E-state index contributed by atoms with van der Waals surface area (Å²) in [5, 5.41) is 12.1. The summed E-state index contributed by atoms with van der Waals surface area (Å²) in [6.45, 7) is 1.41.